The van der Waals surface area contributed by atoms with Crippen molar-refractivity contribution >= 4 is 16.9 Å². The number of carbonyl (C=O) groups is 1. The topological polar surface area (TPSA) is 89.9 Å². The summed E-state index contributed by atoms with van der Waals surface area (Å²) in [4.78, 5) is 16.2. The fraction of sp³-hybridized carbons (Fsp3) is 0.474. The molecule has 4 rings (SSSR count). The summed E-state index contributed by atoms with van der Waals surface area (Å²) in [7, 11) is 1.29. The van der Waals surface area contributed by atoms with Gasteiger partial charge in [-0.3, -0.25) is 4.79 Å². The predicted molar refractivity (Wildman–Crippen MR) is 94.5 cm³/mol. The van der Waals surface area contributed by atoms with Crippen molar-refractivity contribution in [1.29, 1.82) is 0 Å². The molecule has 2 aliphatic rings. The molecular weight excluding hydrogens is 393 g/mol. The highest BCUT2D eigenvalue weighted by atomic mass is 19.4. The second-order valence-corrected chi connectivity index (χ2v) is 7.33. The first kappa shape index (κ1) is 19.7. The first-order valence-electron chi connectivity index (χ1n) is 8.99. The zero-order chi connectivity index (χ0) is 21.0. The van der Waals surface area contributed by atoms with Crippen LogP contribution in [0.5, 0.6) is 11.5 Å². The number of carbonyl (C=O) groups excluding carboxylic acids is 1. The maximum atomic E-state index is 12.6. The van der Waals surface area contributed by atoms with Crippen LogP contribution in [0.3, 0.4) is 0 Å². The van der Waals surface area contributed by atoms with Gasteiger partial charge in [-0.15, -0.1) is 13.2 Å². The van der Waals surface area contributed by atoms with E-state index in [0.717, 1.165) is 0 Å². The van der Waals surface area contributed by atoms with Gasteiger partial charge < -0.3 is 24.6 Å². The molecule has 1 aromatic carbocycles. The van der Waals surface area contributed by atoms with Crippen molar-refractivity contribution < 1.29 is 37.3 Å². The molecule has 3 heterocycles. The Morgan fingerprint density at radius 2 is 2.14 bits per heavy atom. The van der Waals surface area contributed by atoms with Crippen LogP contribution < -0.4 is 14.8 Å². The fourth-order valence-electron chi connectivity index (χ4n) is 4.11. The van der Waals surface area contributed by atoms with Crippen molar-refractivity contribution in [2.75, 3.05) is 13.7 Å². The van der Waals surface area contributed by atoms with Crippen LogP contribution in [0.15, 0.2) is 18.2 Å². The molecule has 3 atom stereocenters. The average molecular weight is 412 g/mol. The second-order valence-electron chi connectivity index (χ2n) is 7.33. The third-order valence-electron chi connectivity index (χ3n) is 5.30. The lowest BCUT2D eigenvalue weighted by molar-refractivity contribution is -0.274. The zero-order valence-corrected chi connectivity index (χ0v) is 15.7. The number of alkyl halides is 3. The van der Waals surface area contributed by atoms with Crippen LogP contribution in [0.2, 0.25) is 0 Å². The number of aromatic nitrogens is 1. The Balaban J connectivity index is 1.75. The molecule has 1 saturated heterocycles. The molecule has 10 heteroatoms. The molecule has 2 aliphatic heterocycles. The van der Waals surface area contributed by atoms with Gasteiger partial charge in [-0.25, -0.2) is 4.98 Å². The zero-order valence-electron chi connectivity index (χ0n) is 15.7. The van der Waals surface area contributed by atoms with Crippen molar-refractivity contribution in [3.8, 4) is 11.5 Å². The van der Waals surface area contributed by atoms with E-state index < -0.39 is 35.8 Å². The number of aliphatic hydroxyl groups is 1. The van der Waals surface area contributed by atoms with Crippen molar-refractivity contribution in [3.05, 3.63) is 29.5 Å². The van der Waals surface area contributed by atoms with Crippen LogP contribution in [-0.2, 0) is 9.53 Å². The van der Waals surface area contributed by atoms with Gasteiger partial charge >= 0.3 is 12.3 Å². The van der Waals surface area contributed by atoms with E-state index in [9.17, 15) is 23.1 Å². The van der Waals surface area contributed by atoms with Gasteiger partial charge in [0.15, 0.2) is 0 Å². The van der Waals surface area contributed by atoms with Crippen molar-refractivity contribution in [2.45, 2.75) is 43.9 Å². The third-order valence-corrected chi connectivity index (χ3v) is 5.30. The molecule has 1 fully saturated rings. The number of nitrogens with one attached hydrogen (secondary N) is 1. The number of benzene rings is 1. The Labute approximate surface area is 163 Å². The van der Waals surface area contributed by atoms with Gasteiger partial charge in [0.2, 0.25) is 0 Å². The van der Waals surface area contributed by atoms with E-state index >= 15 is 0 Å². The van der Waals surface area contributed by atoms with Crippen LogP contribution in [0.1, 0.15) is 30.2 Å². The first-order valence-corrected chi connectivity index (χ1v) is 8.99. The Kier molecular flexibility index (Phi) is 4.58. The quantitative estimate of drug-likeness (QED) is 0.733. The maximum absolute atomic E-state index is 12.6. The number of aryl methyl sites for hydroxylation is 1. The average Bonchev–Trinajstić information content (AvgIpc) is 3.03. The lowest BCUT2D eigenvalue weighted by Gasteiger charge is -2.38. The number of fused-ring (bicyclic) bond motifs is 3. The van der Waals surface area contributed by atoms with Crippen LogP contribution in [-0.4, -0.2) is 47.7 Å². The summed E-state index contributed by atoms with van der Waals surface area (Å²) in [5, 5.41) is 14.3. The number of esters is 1. The summed E-state index contributed by atoms with van der Waals surface area (Å²) in [5.74, 6) is -0.514. The minimum atomic E-state index is -4.83. The number of hydrogen-bond donors (Lipinski definition) is 2. The minimum Gasteiger partial charge on any atom is -0.483 e. The van der Waals surface area contributed by atoms with Gasteiger partial charge in [-0.05, 0) is 25.1 Å². The van der Waals surface area contributed by atoms with Crippen LogP contribution >= 0.6 is 0 Å². The van der Waals surface area contributed by atoms with Gasteiger partial charge in [0.1, 0.15) is 23.1 Å². The van der Waals surface area contributed by atoms with Crippen molar-refractivity contribution in [2.24, 2.45) is 0 Å². The molecule has 2 unspecified atom stereocenters. The van der Waals surface area contributed by atoms with E-state index in [4.69, 9.17) is 9.47 Å². The molecule has 0 aliphatic carbocycles. The smallest absolute Gasteiger partial charge is 0.483 e. The molecular formula is C19H19F3N2O5. The van der Waals surface area contributed by atoms with Crippen LogP contribution in [0.25, 0.3) is 10.9 Å². The molecule has 0 saturated carbocycles. The van der Waals surface area contributed by atoms with Crippen LogP contribution in [0.4, 0.5) is 13.2 Å². The Bertz CT molecular complexity index is 980. The third kappa shape index (κ3) is 3.58. The first-order chi connectivity index (χ1) is 13.6. The van der Waals surface area contributed by atoms with Gasteiger partial charge in [0.05, 0.1) is 24.4 Å². The summed E-state index contributed by atoms with van der Waals surface area (Å²) in [6, 6.07) is 3.22. The van der Waals surface area contributed by atoms with Crippen molar-refractivity contribution in [1.82, 2.24) is 10.3 Å². The Morgan fingerprint density at radius 3 is 2.83 bits per heavy atom. The monoisotopic (exact) mass is 412 g/mol. The van der Waals surface area contributed by atoms with E-state index in [1.165, 1.54) is 25.3 Å². The maximum Gasteiger partial charge on any atom is 0.573 e. The number of nitrogens with zero attached hydrogens (tertiary/aromatic N) is 1. The van der Waals surface area contributed by atoms with Gasteiger partial charge in [0, 0.05) is 30.3 Å². The van der Waals surface area contributed by atoms with Crippen LogP contribution in [0, 0.1) is 6.92 Å². The lowest BCUT2D eigenvalue weighted by Crippen LogP contribution is -2.43. The normalized spacial score (nSPS) is 26.3. The van der Waals surface area contributed by atoms with Crippen molar-refractivity contribution in [3.63, 3.8) is 0 Å². The molecule has 0 radical (unpaired) electrons. The number of rotatable bonds is 2. The highest BCUT2D eigenvalue weighted by molar-refractivity contribution is 5.87. The molecule has 0 amide bonds. The van der Waals surface area contributed by atoms with Gasteiger partial charge in [0.25, 0.3) is 0 Å². The Hall–Kier alpha value is -2.59. The number of hydrogen-bond acceptors (Lipinski definition) is 7. The summed E-state index contributed by atoms with van der Waals surface area (Å²) in [5.41, 5.74) is 0.445. The van der Waals surface area contributed by atoms with E-state index in [1.54, 1.807) is 6.92 Å². The standard InChI is InChI=1S/C19H19F3N2O5/c1-9-16-15(11-5-10(28-19(20,21)22)3-4-12(11)24-9)14(25)7-18(29-16)6-13(23-8-18)17(26)27-2/h3-5,13-14,23,25H,6-8H2,1-2H3/t13-,14?,18?/m0/s1. The molecule has 0 bridgehead atoms. The lowest BCUT2D eigenvalue weighted by atomic mass is 9.85. The molecule has 2 N–H and O–H groups in total. The number of methoxy groups -OCH3 is 1. The molecule has 29 heavy (non-hydrogen) atoms. The molecule has 2 aromatic rings. The predicted octanol–water partition coefficient (Wildman–Crippen LogP) is 2.53. The highest BCUT2D eigenvalue weighted by Gasteiger charge is 2.49. The second kappa shape index (κ2) is 6.74. The van der Waals surface area contributed by atoms with E-state index in [0.29, 0.717) is 40.9 Å². The van der Waals surface area contributed by atoms with E-state index in [2.05, 4.69) is 15.0 Å². The summed E-state index contributed by atoms with van der Waals surface area (Å²) in [6.07, 6.45) is -5.38. The highest BCUT2D eigenvalue weighted by Crippen LogP contribution is 2.47. The van der Waals surface area contributed by atoms with Gasteiger partial charge in [-0.2, -0.15) is 0 Å². The summed E-state index contributed by atoms with van der Waals surface area (Å²) < 4.78 is 52.7. The summed E-state index contributed by atoms with van der Waals surface area (Å²) in [6.45, 7) is 2.02. The summed E-state index contributed by atoms with van der Waals surface area (Å²) >= 11 is 0. The molecule has 7 nitrogen and oxygen atoms in total. The number of ether oxygens (including phenoxy) is 3. The fourth-order valence-corrected chi connectivity index (χ4v) is 4.11. The molecule has 156 valence electrons. The Morgan fingerprint density at radius 1 is 1.38 bits per heavy atom. The van der Waals surface area contributed by atoms with E-state index in [-0.39, 0.29) is 6.42 Å². The van der Waals surface area contributed by atoms with E-state index in [1.807, 2.05) is 0 Å². The number of halogens is 3. The largest absolute Gasteiger partial charge is 0.573 e. The number of pyridine rings is 1. The van der Waals surface area contributed by atoms with Gasteiger partial charge in [-0.1, -0.05) is 0 Å². The number of aliphatic hydroxyl groups excluding tert-OH is 1. The minimum absolute atomic E-state index is 0.170. The SMILES string of the molecule is COC(=O)[C@@H]1CC2(CN1)CC(O)c1c(c(C)nc3ccc(OC(F)(F)F)cc13)O2. The molecule has 1 spiro atoms. The molecule has 1 aromatic heterocycles.